The molecule has 0 saturated heterocycles. The molecule has 0 aromatic heterocycles. The Morgan fingerprint density at radius 1 is 1.38 bits per heavy atom. The first-order chi connectivity index (χ1) is 10.1. The molecule has 0 aliphatic heterocycles. The molecule has 2 rings (SSSR count). The molecule has 0 radical (unpaired) electrons. The van der Waals surface area contributed by atoms with Crippen LogP contribution in [-0.4, -0.2) is 25.2 Å². The predicted octanol–water partition coefficient (Wildman–Crippen LogP) is 4.03. The lowest BCUT2D eigenvalue weighted by atomic mass is 10.0. The third-order valence-electron chi connectivity index (χ3n) is 3.82. The van der Waals surface area contributed by atoms with Gasteiger partial charge in [-0.1, -0.05) is 18.5 Å². The molecule has 0 spiro atoms. The summed E-state index contributed by atoms with van der Waals surface area (Å²) in [5.41, 5.74) is -0.0141. The maximum absolute atomic E-state index is 12.6. The van der Waals surface area contributed by atoms with E-state index in [0.29, 0.717) is 23.1 Å². The van der Waals surface area contributed by atoms with E-state index in [-0.39, 0.29) is 5.91 Å². The van der Waals surface area contributed by atoms with Crippen LogP contribution in [0.1, 0.15) is 39.0 Å². The molecule has 1 aliphatic carbocycles. The van der Waals surface area contributed by atoms with Crippen LogP contribution < -0.4 is 10.1 Å². The van der Waals surface area contributed by atoms with Crippen molar-refractivity contribution in [3.8, 4) is 5.75 Å². The molecule has 1 aliphatic rings. The second-order valence-electron chi connectivity index (χ2n) is 5.35. The van der Waals surface area contributed by atoms with Crippen LogP contribution in [0.15, 0.2) is 18.2 Å². The Labute approximate surface area is 130 Å². The summed E-state index contributed by atoms with van der Waals surface area (Å²) in [6.07, 6.45) is 4.52. The second-order valence-corrected chi connectivity index (χ2v) is 5.76. The lowest BCUT2D eigenvalue weighted by Crippen LogP contribution is -2.43. The molecule has 1 aromatic rings. The molecule has 1 saturated carbocycles. The Morgan fingerprint density at radius 3 is 2.67 bits per heavy atom. The van der Waals surface area contributed by atoms with Gasteiger partial charge in [0.25, 0.3) is 5.91 Å². The highest BCUT2D eigenvalue weighted by atomic mass is 35.5. The van der Waals surface area contributed by atoms with Crippen LogP contribution >= 0.6 is 11.6 Å². The van der Waals surface area contributed by atoms with Crippen molar-refractivity contribution in [1.29, 1.82) is 0 Å². The number of carbonyl (C=O) groups is 1. The molecule has 0 heterocycles. The Hall–Kier alpha value is -1.26. The number of carbonyl (C=O) groups excluding carboxylic acids is 1. The fourth-order valence-electron chi connectivity index (χ4n) is 2.67. The minimum Gasteiger partial charge on any atom is -0.495 e. The second kappa shape index (κ2) is 7.14. The molecule has 0 atom stereocenters. The summed E-state index contributed by atoms with van der Waals surface area (Å²) in [4.78, 5) is 12.6. The summed E-state index contributed by atoms with van der Waals surface area (Å²) in [5, 5.41) is 3.40. The highest BCUT2D eigenvalue weighted by Gasteiger charge is 2.42. The number of rotatable bonds is 6. The largest absolute Gasteiger partial charge is 0.495 e. The van der Waals surface area contributed by atoms with Gasteiger partial charge in [0.2, 0.25) is 0 Å². The van der Waals surface area contributed by atoms with Crippen molar-refractivity contribution in [2.45, 2.75) is 44.6 Å². The summed E-state index contributed by atoms with van der Waals surface area (Å²) in [6.45, 7) is 2.65. The fourth-order valence-corrected chi connectivity index (χ4v) is 2.93. The number of amides is 1. The van der Waals surface area contributed by atoms with E-state index in [2.05, 4.69) is 5.32 Å². The van der Waals surface area contributed by atoms with Crippen LogP contribution in [0.4, 0.5) is 5.69 Å². The van der Waals surface area contributed by atoms with Crippen LogP contribution in [0.3, 0.4) is 0 Å². The highest BCUT2D eigenvalue weighted by molar-refractivity contribution is 6.32. The SMILES string of the molecule is CCCOC1(C(=O)Nc2ccc(OC)c(Cl)c2)CCCC1. The van der Waals surface area contributed by atoms with E-state index in [1.807, 2.05) is 6.92 Å². The van der Waals surface area contributed by atoms with Gasteiger partial charge < -0.3 is 14.8 Å². The van der Waals surface area contributed by atoms with Crippen LogP contribution in [0, 0.1) is 0 Å². The van der Waals surface area contributed by atoms with Gasteiger partial charge in [0, 0.05) is 12.3 Å². The first-order valence-electron chi connectivity index (χ1n) is 7.40. The summed E-state index contributed by atoms with van der Waals surface area (Å²) in [6, 6.07) is 5.22. The van der Waals surface area contributed by atoms with Crippen LogP contribution in [-0.2, 0) is 9.53 Å². The third kappa shape index (κ3) is 3.69. The predicted molar refractivity (Wildman–Crippen MR) is 84.1 cm³/mol. The smallest absolute Gasteiger partial charge is 0.256 e. The average molecular weight is 312 g/mol. The molecule has 1 fully saturated rings. The Balaban J connectivity index is 2.10. The minimum absolute atomic E-state index is 0.0744. The maximum Gasteiger partial charge on any atom is 0.256 e. The van der Waals surface area contributed by atoms with Crippen LogP contribution in [0.2, 0.25) is 5.02 Å². The van der Waals surface area contributed by atoms with Crippen molar-refractivity contribution in [3.05, 3.63) is 23.2 Å². The lowest BCUT2D eigenvalue weighted by Gasteiger charge is -2.28. The zero-order valence-corrected chi connectivity index (χ0v) is 13.3. The molecule has 1 N–H and O–H groups in total. The molecule has 5 heteroatoms. The zero-order valence-electron chi connectivity index (χ0n) is 12.6. The Bertz CT molecular complexity index is 498. The minimum atomic E-state index is -0.678. The van der Waals surface area contributed by atoms with Gasteiger partial charge in [-0.25, -0.2) is 0 Å². The molecule has 1 aromatic carbocycles. The molecule has 21 heavy (non-hydrogen) atoms. The van der Waals surface area contributed by atoms with E-state index in [1.165, 1.54) is 0 Å². The van der Waals surface area contributed by atoms with Crippen LogP contribution in [0.25, 0.3) is 0 Å². The number of halogens is 1. The van der Waals surface area contributed by atoms with Gasteiger partial charge in [0.15, 0.2) is 0 Å². The van der Waals surface area contributed by atoms with E-state index in [1.54, 1.807) is 25.3 Å². The Kier molecular flexibility index (Phi) is 5.48. The summed E-state index contributed by atoms with van der Waals surface area (Å²) in [5.74, 6) is 0.516. The summed E-state index contributed by atoms with van der Waals surface area (Å²) in [7, 11) is 1.56. The number of hydrogen-bond acceptors (Lipinski definition) is 3. The van der Waals surface area contributed by atoms with E-state index in [9.17, 15) is 4.79 Å². The molecular weight excluding hydrogens is 290 g/mol. The number of anilines is 1. The fraction of sp³-hybridized carbons (Fsp3) is 0.562. The number of methoxy groups -OCH3 is 1. The average Bonchev–Trinajstić information content (AvgIpc) is 2.95. The van der Waals surface area contributed by atoms with Crippen molar-refractivity contribution in [3.63, 3.8) is 0 Å². The van der Waals surface area contributed by atoms with Gasteiger partial charge in [-0.2, -0.15) is 0 Å². The van der Waals surface area contributed by atoms with Crippen LogP contribution in [0.5, 0.6) is 5.75 Å². The molecule has 0 unspecified atom stereocenters. The van der Waals surface area contributed by atoms with E-state index >= 15 is 0 Å². The molecule has 1 amide bonds. The van der Waals surface area contributed by atoms with E-state index in [0.717, 1.165) is 32.1 Å². The zero-order chi connectivity index (χ0) is 15.3. The lowest BCUT2D eigenvalue weighted by molar-refractivity contribution is -0.140. The van der Waals surface area contributed by atoms with Crippen molar-refractivity contribution in [2.24, 2.45) is 0 Å². The van der Waals surface area contributed by atoms with Crippen molar-refractivity contribution < 1.29 is 14.3 Å². The van der Waals surface area contributed by atoms with Gasteiger partial charge in [-0.15, -0.1) is 0 Å². The molecule has 4 nitrogen and oxygen atoms in total. The van der Waals surface area contributed by atoms with Gasteiger partial charge in [-0.05, 0) is 50.3 Å². The first kappa shape index (κ1) is 16.1. The number of nitrogens with one attached hydrogen (secondary N) is 1. The third-order valence-corrected chi connectivity index (χ3v) is 4.11. The maximum atomic E-state index is 12.6. The summed E-state index contributed by atoms with van der Waals surface area (Å²) < 4.78 is 11.0. The van der Waals surface area contributed by atoms with Gasteiger partial charge in [0.05, 0.1) is 12.1 Å². The van der Waals surface area contributed by atoms with Crippen molar-refractivity contribution in [1.82, 2.24) is 0 Å². The van der Waals surface area contributed by atoms with Gasteiger partial charge in [0.1, 0.15) is 11.4 Å². The van der Waals surface area contributed by atoms with Gasteiger partial charge in [-0.3, -0.25) is 4.79 Å². The number of benzene rings is 1. The highest BCUT2D eigenvalue weighted by Crippen LogP contribution is 2.35. The standard InChI is InChI=1S/C16H22ClNO3/c1-3-10-21-16(8-4-5-9-16)15(19)18-12-6-7-14(20-2)13(17)11-12/h6-7,11H,3-5,8-10H2,1-2H3,(H,18,19). The number of ether oxygens (including phenoxy) is 2. The molecule has 0 bridgehead atoms. The van der Waals surface area contributed by atoms with Gasteiger partial charge >= 0.3 is 0 Å². The normalized spacial score (nSPS) is 16.7. The van der Waals surface area contributed by atoms with E-state index in [4.69, 9.17) is 21.1 Å². The first-order valence-corrected chi connectivity index (χ1v) is 7.78. The monoisotopic (exact) mass is 311 g/mol. The molecule has 116 valence electrons. The van der Waals surface area contributed by atoms with E-state index < -0.39 is 5.60 Å². The quantitative estimate of drug-likeness (QED) is 0.863. The molecular formula is C16H22ClNO3. The van der Waals surface area contributed by atoms with Crippen molar-refractivity contribution in [2.75, 3.05) is 19.0 Å². The summed E-state index contributed by atoms with van der Waals surface area (Å²) >= 11 is 6.08. The number of hydrogen-bond donors (Lipinski definition) is 1. The Morgan fingerprint density at radius 2 is 2.10 bits per heavy atom. The van der Waals surface area contributed by atoms with Crippen molar-refractivity contribution >= 4 is 23.2 Å². The topological polar surface area (TPSA) is 47.6 Å².